The second-order valence-corrected chi connectivity index (χ2v) is 8.51. The first-order chi connectivity index (χ1) is 12.2. The van der Waals surface area contributed by atoms with Crippen LogP contribution in [0.15, 0.2) is 53.6 Å². The molecule has 3 aromatic rings. The monoisotopic (exact) mass is 372 g/mol. The molecule has 0 radical (unpaired) electrons. The number of nitrogens with zero attached hydrogens (tertiary/aromatic N) is 2. The molecular formula is C19H20N2O4S. The van der Waals surface area contributed by atoms with Crippen LogP contribution < -0.4 is 0 Å². The zero-order valence-electron chi connectivity index (χ0n) is 15.1. The van der Waals surface area contributed by atoms with Gasteiger partial charge in [0, 0.05) is 5.39 Å². The third kappa shape index (κ3) is 2.99. The third-order valence-electron chi connectivity index (χ3n) is 4.47. The fourth-order valence-corrected chi connectivity index (χ4v) is 3.85. The maximum atomic E-state index is 12.8. The van der Waals surface area contributed by atoms with E-state index in [1.807, 2.05) is 6.92 Å². The Labute approximate surface area is 152 Å². The lowest BCUT2D eigenvalue weighted by Gasteiger charge is -2.21. The molecule has 0 N–H and O–H groups in total. The highest BCUT2D eigenvalue weighted by Gasteiger charge is 2.31. The van der Waals surface area contributed by atoms with Crippen molar-refractivity contribution in [1.82, 2.24) is 9.19 Å². The largest absolute Gasteiger partial charge is 0.468 e. The van der Waals surface area contributed by atoms with Crippen LogP contribution >= 0.6 is 0 Å². The van der Waals surface area contributed by atoms with Crippen LogP contribution in [0.3, 0.4) is 0 Å². The van der Waals surface area contributed by atoms with Crippen LogP contribution in [0.25, 0.3) is 10.9 Å². The van der Waals surface area contributed by atoms with E-state index in [9.17, 15) is 13.2 Å². The number of hydrogen-bond acceptors (Lipinski definition) is 5. The van der Waals surface area contributed by atoms with Crippen LogP contribution in [0.4, 0.5) is 0 Å². The molecule has 0 aliphatic rings. The molecule has 0 spiro atoms. The van der Waals surface area contributed by atoms with E-state index in [0.717, 1.165) is 15.2 Å². The average molecular weight is 372 g/mol. The van der Waals surface area contributed by atoms with Crippen LogP contribution in [-0.2, 0) is 25.0 Å². The summed E-state index contributed by atoms with van der Waals surface area (Å²) in [6, 6.07) is 11.8. The van der Waals surface area contributed by atoms with Gasteiger partial charge in [0.15, 0.2) is 0 Å². The SMILES string of the molecule is COC(=O)C(C)(C)c1ccc2nn(S(=O)(=O)c3ccc(C)cc3)cc2c1. The molecule has 0 amide bonds. The number of esters is 1. The summed E-state index contributed by atoms with van der Waals surface area (Å²) in [6.45, 7) is 5.41. The van der Waals surface area contributed by atoms with Gasteiger partial charge in [-0.3, -0.25) is 4.79 Å². The Morgan fingerprint density at radius 3 is 2.38 bits per heavy atom. The normalized spacial score (nSPS) is 12.3. The van der Waals surface area contributed by atoms with Crippen molar-refractivity contribution >= 4 is 26.9 Å². The van der Waals surface area contributed by atoms with Gasteiger partial charge in [0.25, 0.3) is 10.0 Å². The van der Waals surface area contributed by atoms with Gasteiger partial charge in [0.05, 0.1) is 29.1 Å². The predicted molar refractivity (Wildman–Crippen MR) is 98.5 cm³/mol. The van der Waals surface area contributed by atoms with E-state index in [-0.39, 0.29) is 10.9 Å². The summed E-state index contributed by atoms with van der Waals surface area (Å²) in [6.07, 6.45) is 1.46. The van der Waals surface area contributed by atoms with Crippen molar-refractivity contribution in [2.24, 2.45) is 0 Å². The highest BCUT2D eigenvalue weighted by molar-refractivity contribution is 7.89. The van der Waals surface area contributed by atoms with Crippen molar-refractivity contribution < 1.29 is 17.9 Å². The molecule has 0 bridgehead atoms. The molecule has 1 aromatic heterocycles. The van der Waals surface area contributed by atoms with Crippen LogP contribution in [0.1, 0.15) is 25.0 Å². The lowest BCUT2D eigenvalue weighted by atomic mass is 9.84. The summed E-state index contributed by atoms with van der Waals surface area (Å²) < 4.78 is 31.4. The molecular weight excluding hydrogens is 352 g/mol. The van der Waals surface area contributed by atoms with E-state index in [4.69, 9.17) is 4.74 Å². The van der Waals surface area contributed by atoms with Crippen molar-refractivity contribution in [2.75, 3.05) is 7.11 Å². The molecule has 7 heteroatoms. The van der Waals surface area contributed by atoms with E-state index < -0.39 is 15.4 Å². The molecule has 26 heavy (non-hydrogen) atoms. The maximum absolute atomic E-state index is 12.8. The van der Waals surface area contributed by atoms with Crippen LogP contribution in [-0.4, -0.2) is 30.7 Å². The zero-order valence-corrected chi connectivity index (χ0v) is 15.9. The maximum Gasteiger partial charge on any atom is 0.315 e. The number of methoxy groups -OCH3 is 1. The zero-order chi connectivity index (χ0) is 19.1. The fraction of sp³-hybridized carbons (Fsp3) is 0.263. The smallest absolute Gasteiger partial charge is 0.315 e. The van der Waals surface area contributed by atoms with Crippen molar-refractivity contribution in [3.05, 3.63) is 59.8 Å². The number of ether oxygens (including phenoxy) is 1. The average Bonchev–Trinajstić information content (AvgIpc) is 3.05. The fourth-order valence-electron chi connectivity index (χ4n) is 2.71. The van der Waals surface area contributed by atoms with Gasteiger partial charge < -0.3 is 4.74 Å². The number of carbonyl (C=O) groups is 1. The Bertz CT molecular complexity index is 1080. The minimum atomic E-state index is -3.77. The summed E-state index contributed by atoms with van der Waals surface area (Å²) in [5.74, 6) is -0.364. The van der Waals surface area contributed by atoms with Crippen LogP contribution in [0, 0.1) is 6.92 Å². The quantitative estimate of drug-likeness (QED) is 0.658. The molecule has 0 saturated heterocycles. The van der Waals surface area contributed by atoms with Gasteiger partial charge in [0.2, 0.25) is 0 Å². The van der Waals surface area contributed by atoms with Crippen molar-refractivity contribution in [1.29, 1.82) is 0 Å². The lowest BCUT2D eigenvalue weighted by molar-refractivity contribution is -0.146. The van der Waals surface area contributed by atoms with Gasteiger partial charge in [-0.1, -0.05) is 23.8 Å². The number of hydrogen-bond donors (Lipinski definition) is 0. The Morgan fingerprint density at radius 2 is 1.77 bits per heavy atom. The first kappa shape index (κ1) is 18.1. The Balaban J connectivity index is 2.07. The number of carbonyl (C=O) groups excluding carboxylic acids is 1. The molecule has 0 atom stereocenters. The molecule has 1 heterocycles. The molecule has 0 aliphatic carbocycles. The first-order valence-electron chi connectivity index (χ1n) is 8.07. The number of rotatable bonds is 4. The minimum absolute atomic E-state index is 0.172. The molecule has 0 unspecified atom stereocenters. The number of aromatic nitrogens is 2. The second kappa shape index (κ2) is 6.25. The van der Waals surface area contributed by atoms with Crippen LogP contribution in [0.2, 0.25) is 0 Å². The number of fused-ring (bicyclic) bond motifs is 1. The highest BCUT2D eigenvalue weighted by Crippen LogP contribution is 2.28. The second-order valence-electron chi connectivity index (χ2n) is 6.71. The van der Waals surface area contributed by atoms with E-state index in [1.54, 1.807) is 56.3 Å². The van der Waals surface area contributed by atoms with Crippen molar-refractivity contribution in [3.63, 3.8) is 0 Å². The minimum Gasteiger partial charge on any atom is -0.468 e. The molecule has 0 saturated carbocycles. The molecule has 3 rings (SSSR count). The topological polar surface area (TPSA) is 78.3 Å². The number of benzene rings is 2. The van der Waals surface area contributed by atoms with Crippen molar-refractivity contribution in [3.8, 4) is 0 Å². The summed E-state index contributed by atoms with van der Waals surface area (Å²) in [7, 11) is -2.43. The molecule has 2 aromatic carbocycles. The van der Waals surface area contributed by atoms with E-state index in [2.05, 4.69) is 5.10 Å². The molecule has 0 fully saturated rings. The van der Waals surface area contributed by atoms with Gasteiger partial charge >= 0.3 is 5.97 Å². The van der Waals surface area contributed by atoms with Gasteiger partial charge in [-0.05, 0) is 50.6 Å². The van der Waals surface area contributed by atoms with Gasteiger partial charge in [-0.25, -0.2) is 0 Å². The third-order valence-corrected chi connectivity index (χ3v) is 6.01. The summed E-state index contributed by atoms with van der Waals surface area (Å²) in [5, 5.41) is 4.82. The lowest BCUT2D eigenvalue weighted by Crippen LogP contribution is -2.30. The molecule has 6 nitrogen and oxygen atoms in total. The number of aryl methyl sites for hydroxylation is 1. The van der Waals surface area contributed by atoms with Gasteiger partial charge in [-0.2, -0.15) is 17.6 Å². The van der Waals surface area contributed by atoms with E-state index in [1.165, 1.54) is 13.3 Å². The first-order valence-corrected chi connectivity index (χ1v) is 9.51. The predicted octanol–water partition coefficient (Wildman–Crippen LogP) is 3.03. The molecule has 0 aliphatic heterocycles. The Kier molecular flexibility index (Phi) is 4.36. The highest BCUT2D eigenvalue weighted by atomic mass is 32.2. The summed E-state index contributed by atoms with van der Waals surface area (Å²) in [5.41, 5.74) is 1.39. The summed E-state index contributed by atoms with van der Waals surface area (Å²) in [4.78, 5) is 12.2. The van der Waals surface area contributed by atoms with Crippen LogP contribution in [0.5, 0.6) is 0 Å². The Morgan fingerprint density at radius 1 is 1.12 bits per heavy atom. The Hall–Kier alpha value is -2.67. The standard InChI is InChI=1S/C19H20N2O4S/c1-13-5-8-16(9-6-13)26(23,24)21-12-14-11-15(7-10-17(14)20-21)19(2,3)18(22)25-4/h5-12H,1-4H3. The molecule has 136 valence electrons. The van der Waals surface area contributed by atoms with Crippen molar-refractivity contribution in [2.45, 2.75) is 31.1 Å². The van der Waals surface area contributed by atoms with E-state index >= 15 is 0 Å². The van der Waals surface area contributed by atoms with Gasteiger partial charge in [-0.15, -0.1) is 0 Å². The summed E-state index contributed by atoms with van der Waals surface area (Å²) >= 11 is 0. The van der Waals surface area contributed by atoms with E-state index in [0.29, 0.717) is 10.9 Å². The van der Waals surface area contributed by atoms with Gasteiger partial charge in [0.1, 0.15) is 0 Å².